The summed E-state index contributed by atoms with van der Waals surface area (Å²) < 4.78 is 5.17. The van der Waals surface area contributed by atoms with E-state index in [1.54, 1.807) is 43.2 Å². The third-order valence-electron chi connectivity index (χ3n) is 6.22. The number of amides is 3. The lowest BCUT2D eigenvalue weighted by molar-refractivity contribution is -0.118. The second kappa shape index (κ2) is 12.5. The third-order valence-corrected chi connectivity index (χ3v) is 6.22. The molecule has 190 valence electrons. The molecule has 1 fully saturated rings. The minimum absolute atomic E-state index is 0.118. The molecule has 3 rings (SSSR count). The van der Waals surface area contributed by atoms with Crippen molar-refractivity contribution in [2.24, 2.45) is 5.73 Å². The monoisotopic (exact) mass is 491 g/mol. The van der Waals surface area contributed by atoms with Crippen molar-refractivity contribution in [3.8, 4) is 5.75 Å². The van der Waals surface area contributed by atoms with Crippen molar-refractivity contribution in [1.82, 2.24) is 0 Å². The molecule has 3 amide bonds. The molecule has 0 spiro atoms. The Morgan fingerprint density at radius 3 is 2.44 bits per heavy atom. The second-order valence-electron chi connectivity index (χ2n) is 8.62. The molecule has 0 bridgehead atoms. The number of ether oxygens (including phenoxy) is 1. The number of benzene rings is 2. The maximum atomic E-state index is 12.4. The summed E-state index contributed by atoms with van der Waals surface area (Å²) in [6.45, 7) is 2.69. The Bertz CT molecular complexity index is 1130. The topological polar surface area (TPSA) is 129 Å². The summed E-state index contributed by atoms with van der Waals surface area (Å²) in [5.74, 6) is -0.0165. The molecular formula is C27H33N5O4. The van der Waals surface area contributed by atoms with Crippen LogP contribution >= 0.6 is 0 Å². The number of nitrogens with one attached hydrogen (secondary N) is 2. The van der Waals surface area contributed by atoms with Crippen LogP contribution in [0.4, 0.5) is 17.1 Å². The van der Waals surface area contributed by atoms with Crippen LogP contribution < -0.4 is 25.6 Å². The lowest BCUT2D eigenvalue weighted by atomic mass is 10.0. The van der Waals surface area contributed by atoms with Crippen LogP contribution in [0.3, 0.4) is 0 Å². The highest BCUT2D eigenvalue weighted by molar-refractivity contribution is 6.43. The van der Waals surface area contributed by atoms with E-state index < -0.39 is 5.91 Å². The number of methoxy groups -OCH3 is 1. The Kier molecular flexibility index (Phi) is 9.21. The van der Waals surface area contributed by atoms with Gasteiger partial charge in [-0.2, -0.15) is 0 Å². The number of nitrogens with two attached hydrogens (primary N) is 1. The van der Waals surface area contributed by atoms with Gasteiger partial charge in [0.2, 0.25) is 12.3 Å². The van der Waals surface area contributed by atoms with Crippen molar-refractivity contribution >= 4 is 41.0 Å². The van der Waals surface area contributed by atoms with E-state index in [9.17, 15) is 14.4 Å². The number of carbonyl (C=O) groups excluding carboxylic acids is 3. The van der Waals surface area contributed by atoms with Gasteiger partial charge in [0.25, 0.3) is 5.91 Å². The maximum absolute atomic E-state index is 12.4. The van der Waals surface area contributed by atoms with Crippen LogP contribution in [0.5, 0.6) is 5.75 Å². The highest BCUT2D eigenvalue weighted by atomic mass is 16.5. The molecule has 9 nitrogen and oxygen atoms in total. The molecule has 1 heterocycles. The Morgan fingerprint density at radius 1 is 1.14 bits per heavy atom. The van der Waals surface area contributed by atoms with Gasteiger partial charge in [-0.05, 0) is 74.7 Å². The summed E-state index contributed by atoms with van der Waals surface area (Å²) in [7, 11) is 1.58. The zero-order chi connectivity index (χ0) is 26.1. The number of hydrogen-bond acceptors (Lipinski definition) is 6. The molecule has 4 N–H and O–H groups in total. The Hall–Kier alpha value is -4.14. The molecule has 36 heavy (non-hydrogen) atoms. The minimum atomic E-state index is -0.843. The van der Waals surface area contributed by atoms with E-state index in [-0.39, 0.29) is 24.6 Å². The summed E-state index contributed by atoms with van der Waals surface area (Å²) in [6.07, 6.45) is 4.43. The fourth-order valence-electron chi connectivity index (χ4n) is 4.17. The predicted molar refractivity (Wildman–Crippen MR) is 142 cm³/mol. The highest BCUT2D eigenvalue weighted by Gasteiger charge is 2.19. The first-order valence-electron chi connectivity index (χ1n) is 12.0. The van der Waals surface area contributed by atoms with Crippen molar-refractivity contribution in [3.63, 3.8) is 0 Å². The lowest BCUT2D eigenvalue weighted by Gasteiger charge is -2.23. The van der Waals surface area contributed by atoms with Gasteiger partial charge in [-0.1, -0.05) is 6.42 Å². The standard InChI is InChI=1S/C27H33N5O4/c1-19(30-20-7-13-23(36-2)14-8-20)24(26(28)27(29)35)15-17-31(18-33)21-9-11-22(12-10-21)32-16-5-3-4-6-25(32)34/h7-14,18,28,30H,3-6,15-17H2,1-2H3,(H2,29,35)/b24-19-,28-26?. The van der Waals surface area contributed by atoms with Crippen LogP contribution in [-0.2, 0) is 14.4 Å². The summed E-state index contributed by atoms with van der Waals surface area (Å²) in [4.78, 5) is 39.4. The van der Waals surface area contributed by atoms with Crippen molar-refractivity contribution < 1.29 is 19.1 Å². The summed E-state index contributed by atoms with van der Waals surface area (Å²) in [5.41, 5.74) is 8.32. The maximum Gasteiger partial charge on any atom is 0.266 e. The van der Waals surface area contributed by atoms with Gasteiger partial charge < -0.3 is 25.6 Å². The Balaban J connectivity index is 1.75. The van der Waals surface area contributed by atoms with Crippen LogP contribution in [0.25, 0.3) is 0 Å². The first-order chi connectivity index (χ1) is 17.3. The van der Waals surface area contributed by atoms with Gasteiger partial charge in [0, 0.05) is 47.8 Å². The molecule has 0 saturated carbocycles. The second-order valence-corrected chi connectivity index (χ2v) is 8.62. The average molecular weight is 492 g/mol. The molecule has 2 aromatic rings. The summed E-state index contributed by atoms with van der Waals surface area (Å²) in [5, 5.41) is 11.4. The van der Waals surface area contributed by atoms with Crippen LogP contribution in [0.15, 0.2) is 59.8 Å². The zero-order valence-electron chi connectivity index (χ0n) is 20.8. The van der Waals surface area contributed by atoms with Gasteiger partial charge in [0.05, 0.1) is 7.11 Å². The van der Waals surface area contributed by atoms with Gasteiger partial charge in [-0.15, -0.1) is 0 Å². The quantitative estimate of drug-likeness (QED) is 0.325. The van der Waals surface area contributed by atoms with Crippen molar-refractivity contribution in [2.45, 2.75) is 39.0 Å². The largest absolute Gasteiger partial charge is 0.497 e. The highest BCUT2D eigenvalue weighted by Crippen LogP contribution is 2.25. The first kappa shape index (κ1) is 26.5. The van der Waals surface area contributed by atoms with E-state index >= 15 is 0 Å². The molecule has 1 aliphatic heterocycles. The number of carbonyl (C=O) groups is 3. The number of allylic oxidation sites excluding steroid dienone is 1. The molecule has 0 radical (unpaired) electrons. The van der Waals surface area contributed by atoms with E-state index in [2.05, 4.69) is 5.32 Å². The molecule has 2 aromatic carbocycles. The number of anilines is 3. The van der Waals surface area contributed by atoms with Crippen LogP contribution in [-0.4, -0.2) is 44.1 Å². The van der Waals surface area contributed by atoms with E-state index in [1.165, 1.54) is 4.90 Å². The molecule has 0 unspecified atom stereocenters. The molecule has 1 aliphatic rings. The predicted octanol–water partition coefficient (Wildman–Crippen LogP) is 3.85. The molecule has 9 heteroatoms. The van der Waals surface area contributed by atoms with Crippen molar-refractivity contribution in [1.29, 1.82) is 5.41 Å². The average Bonchev–Trinajstić information content (AvgIpc) is 3.11. The summed E-state index contributed by atoms with van der Waals surface area (Å²) >= 11 is 0. The Morgan fingerprint density at radius 2 is 1.83 bits per heavy atom. The van der Waals surface area contributed by atoms with Gasteiger partial charge in [-0.25, -0.2) is 0 Å². The summed E-state index contributed by atoms with van der Waals surface area (Å²) in [6, 6.07) is 14.5. The van der Waals surface area contributed by atoms with E-state index in [0.29, 0.717) is 42.1 Å². The molecule has 0 aromatic heterocycles. The SMILES string of the molecule is COc1ccc(N/C(C)=C(/CCN(C=O)c2ccc(N3CCCCCC3=O)cc2)C(=N)C(N)=O)cc1. The molecule has 0 aliphatic carbocycles. The normalized spacial score (nSPS) is 14.4. The van der Waals surface area contributed by atoms with Gasteiger partial charge >= 0.3 is 0 Å². The Labute approximate surface area is 211 Å². The minimum Gasteiger partial charge on any atom is -0.497 e. The van der Waals surface area contributed by atoms with Crippen LogP contribution in [0.1, 0.15) is 39.0 Å². The fraction of sp³-hybridized carbons (Fsp3) is 0.333. The van der Waals surface area contributed by atoms with E-state index in [0.717, 1.165) is 30.6 Å². The van der Waals surface area contributed by atoms with Crippen molar-refractivity contribution in [3.05, 3.63) is 59.8 Å². The fourth-order valence-corrected chi connectivity index (χ4v) is 4.17. The van der Waals surface area contributed by atoms with Gasteiger partial charge in [-0.3, -0.25) is 19.8 Å². The van der Waals surface area contributed by atoms with E-state index in [1.807, 2.05) is 24.3 Å². The number of primary amides is 1. The lowest BCUT2D eigenvalue weighted by Crippen LogP contribution is -2.30. The van der Waals surface area contributed by atoms with Crippen molar-refractivity contribution in [2.75, 3.05) is 35.3 Å². The van der Waals surface area contributed by atoms with Crippen LogP contribution in [0.2, 0.25) is 0 Å². The first-order valence-corrected chi connectivity index (χ1v) is 12.0. The smallest absolute Gasteiger partial charge is 0.266 e. The van der Waals surface area contributed by atoms with Gasteiger partial charge in [0.1, 0.15) is 11.5 Å². The molecule has 1 saturated heterocycles. The zero-order valence-corrected chi connectivity index (χ0v) is 20.8. The molecule has 0 atom stereocenters. The number of hydrogen-bond donors (Lipinski definition) is 3. The third kappa shape index (κ3) is 6.71. The molecular weight excluding hydrogens is 458 g/mol. The van der Waals surface area contributed by atoms with Crippen LogP contribution in [0, 0.1) is 5.41 Å². The number of nitrogens with zero attached hydrogens (tertiary/aromatic N) is 2. The van der Waals surface area contributed by atoms with E-state index in [4.69, 9.17) is 15.9 Å². The number of rotatable bonds is 11. The van der Waals surface area contributed by atoms with Gasteiger partial charge in [0.15, 0.2) is 0 Å².